The Balaban J connectivity index is 1.44. The molecule has 4 rings (SSSR count). The minimum Gasteiger partial charge on any atom is -0.477 e. The molecule has 1 atom stereocenters. The number of amides is 2. The highest BCUT2D eigenvalue weighted by Gasteiger charge is 2.33. The number of ether oxygens (including phenoxy) is 1. The Morgan fingerprint density at radius 1 is 1.16 bits per heavy atom. The molecule has 160 valence electrons. The van der Waals surface area contributed by atoms with Gasteiger partial charge in [-0.25, -0.2) is 4.68 Å². The molecule has 1 N–H and O–H groups in total. The molecule has 31 heavy (non-hydrogen) atoms. The first-order chi connectivity index (χ1) is 15.0. The Bertz CT molecular complexity index is 1070. The van der Waals surface area contributed by atoms with Gasteiger partial charge in [0.05, 0.1) is 30.7 Å². The largest absolute Gasteiger partial charge is 0.477 e. The van der Waals surface area contributed by atoms with Gasteiger partial charge in [0.1, 0.15) is 5.75 Å². The van der Waals surface area contributed by atoms with Crippen LogP contribution in [-0.2, 0) is 16.1 Å². The van der Waals surface area contributed by atoms with Crippen LogP contribution in [0.2, 0.25) is 0 Å². The van der Waals surface area contributed by atoms with E-state index in [-0.39, 0.29) is 24.9 Å². The summed E-state index contributed by atoms with van der Waals surface area (Å²) in [5.74, 6) is 0.180. The molecule has 0 saturated carbocycles. The number of carbonyl (C=O) groups excluding carboxylic acids is 2. The van der Waals surface area contributed by atoms with Crippen LogP contribution in [0.25, 0.3) is 5.69 Å². The first-order valence-electron chi connectivity index (χ1n) is 10.1. The summed E-state index contributed by atoms with van der Waals surface area (Å²) in [6, 6.07) is 17.1. The molecule has 1 aliphatic heterocycles. The summed E-state index contributed by atoms with van der Waals surface area (Å²) in [6.07, 6.45) is 3.03. The Morgan fingerprint density at radius 2 is 1.90 bits per heavy atom. The van der Waals surface area contributed by atoms with E-state index in [4.69, 9.17) is 4.74 Å². The van der Waals surface area contributed by atoms with Crippen molar-refractivity contribution in [1.82, 2.24) is 20.0 Å². The summed E-state index contributed by atoms with van der Waals surface area (Å²) in [5.41, 5.74) is 2.67. The van der Waals surface area contributed by atoms with Gasteiger partial charge in [-0.15, -0.1) is 0 Å². The van der Waals surface area contributed by atoms with Gasteiger partial charge >= 0.3 is 0 Å². The zero-order valence-corrected chi connectivity index (χ0v) is 17.6. The maximum Gasteiger partial charge on any atom is 0.262 e. The van der Waals surface area contributed by atoms with Crippen LogP contribution >= 0.6 is 0 Å². The number of para-hydroxylation sites is 3. The Labute approximate surface area is 181 Å². The smallest absolute Gasteiger partial charge is 0.262 e. The fraction of sp³-hybridized carbons (Fsp3) is 0.261. The predicted octanol–water partition coefficient (Wildman–Crippen LogP) is 1.84. The zero-order chi connectivity index (χ0) is 21.8. The van der Waals surface area contributed by atoms with Gasteiger partial charge in [0.15, 0.2) is 6.10 Å². The van der Waals surface area contributed by atoms with E-state index in [2.05, 4.69) is 10.4 Å². The van der Waals surface area contributed by atoms with Crippen molar-refractivity contribution in [2.45, 2.75) is 12.6 Å². The number of aromatic nitrogens is 2. The van der Waals surface area contributed by atoms with Crippen LogP contribution in [0.1, 0.15) is 5.56 Å². The third-order valence-corrected chi connectivity index (χ3v) is 5.13. The lowest BCUT2D eigenvalue weighted by molar-refractivity contribution is -0.128. The van der Waals surface area contributed by atoms with Gasteiger partial charge in [-0.2, -0.15) is 5.10 Å². The van der Waals surface area contributed by atoms with Crippen molar-refractivity contribution in [2.75, 3.05) is 32.1 Å². The molecule has 0 aliphatic carbocycles. The van der Waals surface area contributed by atoms with E-state index in [9.17, 15) is 9.59 Å². The van der Waals surface area contributed by atoms with Gasteiger partial charge in [0.25, 0.3) is 5.91 Å². The minimum atomic E-state index is -0.738. The van der Waals surface area contributed by atoms with Crippen LogP contribution in [0.15, 0.2) is 67.0 Å². The number of benzene rings is 2. The van der Waals surface area contributed by atoms with E-state index >= 15 is 0 Å². The average molecular weight is 419 g/mol. The molecule has 1 aromatic heterocycles. The third-order valence-electron chi connectivity index (χ3n) is 5.13. The van der Waals surface area contributed by atoms with Crippen LogP contribution in [0.5, 0.6) is 5.75 Å². The predicted molar refractivity (Wildman–Crippen MR) is 117 cm³/mol. The molecule has 2 aromatic carbocycles. The second-order valence-electron chi connectivity index (χ2n) is 7.49. The van der Waals surface area contributed by atoms with Crippen LogP contribution in [-0.4, -0.2) is 59.8 Å². The molecule has 2 heterocycles. The van der Waals surface area contributed by atoms with Crippen LogP contribution in [0.3, 0.4) is 0 Å². The van der Waals surface area contributed by atoms with Crippen molar-refractivity contribution < 1.29 is 14.3 Å². The topological polar surface area (TPSA) is 79.7 Å². The molecule has 0 bridgehead atoms. The molecular weight excluding hydrogens is 394 g/mol. The van der Waals surface area contributed by atoms with Crippen LogP contribution < -0.4 is 15.0 Å². The van der Waals surface area contributed by atoms with Gasteiger partial charge in [0.2, 0.25) is 5.91 Å². The molecule has 0 fully saturated rings. The van der Waals surface area contributed by atoms with Crippen molar-refractivity contribution in [2.24, 2.45) is 0 Å². The molecule has 2 amide bonds. The summed E-state index contributed by atoms with van der Waals surface area (Å²) >= 11 is 0. The van der Waals surface area contributed by atoms with Gasteiger partial charge in [-0.05, 0) is 31.3 Å². The number of fused-ring (bicyclic) bond motifs is 1. The zero-order valence-electron chi connectivity index (χ0n) is 17.6. The number of hydrogen-bond acceptors (Lipinski definition) is 5. The number of nitrogens with zero attached hydrogens (tertiary/aromatic N) is 4. The van der Waals surface area contributed by atoms with Crippen molar-refractivity contribution in [3.63, 3.8) is 0 Å². The van der Waals surface area contributed by atoms with Gasteiger partial charge < -0.3 is 15.0 Å². The first-order valence-corrected chi connectivity index (χ1v) is 10.1. The number of carbonyl (C=O) groups is 2. The lowest BCUT2D eigenvalue weighted by Gasteiger charge is -2.34. The van der Waals surface area contributed by atoms with Crippen molar-refractivity contribution in [3.05, 3.63) is 72.6 Å². The molecule has 1 unspecified atom stereocenters. The molecule has 0 spiro atoms. The number of hydrogen-bond donors (Lipinski definition) is 1. The van der Waals surface area contributed by atoms with E-state index < -0.39 is 6.10 Å². The second kappa shape index (κ2) is 9.01. The molecule has 8 heteroatoms. The Morgan fingerprint density at radius 3 is 2.68 bits per heavy atom. The van der Waals surface area contributed by atoms with E-state index in [0.29, 0.717) is 18.0 Å². The molecule has 0 radical (unpaired) electrons. The van der Waals surface area contributed by atoms with E-state index in [0.717, 1.165) is 11.3 Å². The van der Waals surface area contributed by atoms with E-state index in [1.165, 1.54) is 0 Å². The maximum absolute atomic E-state index is 13.1. The standard InChI is InChI=1S/C23H25N5O3/c1-24-23(30)21-15-27(19-10-6-7-11-20(19)31-21)22(29)16-26(2)13-17-12-25-28(14-17)18-8-4-3-5-9-18/h3-12,14,21H,13,15-16H2,1-2H3,(H,24,30). The quantitative estimate of drug-likeness (QED) is 0.660. The highest BCUT2D eigenvalue weighted by atomic mass is 16.5. The first kappa shape index (κ1) is 20.6. The minimum absolute atomic E-state index is 0.0948. The van der Waals surface area contributed by atoms with Crippen molar-refractivity contribution in [3.8, 4) is 11.4 Å². The number of rotatable bonds is 6. The lowest BCUT2D eigenvalue weighted by Crippen LogP contribution is -2.51. The van der Waals surface area contributed by atoms with Crippen molar-refractivity contribution in [1.29, 1.82) is 0 Å². The summed E-state index contributed by atoms with van der Waals surface area (Å²) in [4.78, 5) is 28.8. The molecule has 0 saturated heterocycles. The van der Waals surface area contributed by atoms with E-state index in [1.807, 2.05) is 71.4 Å². The van der Waals surface area contributed by atoms with Gasteiger partial charge in [-0.1, -0.05) is 30.3 Å². The summed E-state index contributed by atoms with van der Waals surface area (Å²) in [7, 11) is 3.45. The average Bonchev–Trinajstić information content (AvgIpc) is 3.26. The Hall–Kier alpha value is -3.65. The number of likely N-dealkylation sites (N-methyl/N-ethyl adjacent to an activating group) is 2. The third kappa shape index (κ3) is 4.59. The molecule has 8 nitrogen and oxygen atoms in total. The maximum atomic E-state index is 13.1. The fourth-order valence-electron chi connectivity index (χ4n) is 3.62. The fourth-order valence-corrected chi connectivity index (χ4v) is 3.62. The summed E-state index contributed by atoms with van der Waals surface area (Å²) in [5, 5.41) is 7.00. The Kier molecular flexibility index (Phi) is 5.99. The highest BCUT2D eigenvalue weighted by Crippen LogP contribution is 2.33. The number of anilines is 1. The SMILES string of the molecule is CNC(=O)C1CN(C(=O)CN(C)Cc2cnn(-c3ccccc3)c2)c2ccccc2O1. The highest BCUT2D eigenvalue weighted by molar-refractivity contribution is 5.98. The lowest BCUT2D eigenvalue weighted by atomic mass is 10.1. The van der Waals surface area contributed by atoms with Gasteiger partial charge in [0, 0.05) is 25.4 Å². The number of nitrogens with one attached hydrogen (secondary N) is 1. The molecule has 1 aliphatic rings. The molecule has 3 aromatic rings. The van der Waals surface area contributed by atoms with Crippen molar-refractivity contribution >= 4 is 17.5 Å². The van der Waals surface area contributed by atoms with Gasteiger partial charge in [-0.3, -0.25) is 14.5 Å². The van der Waals surface area contributed by atoms with Crippen LogP contribution in [0, 0.1) is 0 Å². The second-order valence-corrected chi connectivity index (χ2v) is 7.49. The summed E-state index contributed by atoms with van der Waals surface area (Å²) < 4.78 is 7.60. The molecular formula is C23H25N5O3. The van der Waals surface area contributed by atoms with E-state index in [1.54, 1.807) is 24.2 Å². The van der Waals surface area contributed by atoms with Crippen LogP contribution in [0.4, 0.5) is 5.69 Å². The summed E-state index contributed by atoms with van der Waals surface area (Å²) in [6.45, 7) is 0.948. The normalized spacial score (nSPS) is 15.3. The monoisotopic (exact) mass is 419 g/mol.